The number of H-pyrrole nitrogens is 2. The van der Waals surface area contributed by atoms with Gasteiger partial charge in [0.25, 0.3) is 11.8 Å². The topological polar surface area (TPSA) is 367 Å². The number of nitrogens with one attached hydrogen (secondary N) is 4. The van der Waals surface area contributed by atoms with Crippen molar-refractivity contribution in [2.45, 2.75) is 66.2 Å². The normalized spacial score (nSPS) is 11.7. The molecule has 0 aliphatic rings. The summed E-state index contributed by atoms with van der Waals surface area (Å²) in [6.45, 7) is 4.03. The monoisotopic (exact) mass is 1190 g/mol. The molecule has 4 aromatic carbocycles. The minimum absolute atomic E-state index is 0.00218. The highest BCUT2D eigenvalue weighted by Crippen LogP contribution is 2.28. The molecule has 8 N–H and O–H groups in total. The summed E-state index contributed by atoms with van der Waals surface area (Å²) in [5.74, 6) is -6.55. The lowest BCUT2D eigenvalue weighted by Gasteiger charge is -2.25. The van der Waals surface area contributed by atoms with Crippen LogP contribution in [0.25, 0.3) is 22.3 Å². The average molecular weight is 1190 g/mol. The summed E-state index contributed by atoms with van der Waals surface area (Å²) in [4.78, 5) is 93.3. The third-order valence-corrected chi connectivity index (χ3v) is 12.0. The summed E-state index contributed by atoms with van der Waals surface area (Å²) >= 11 is 11.9. The Morgan fingerprint density at radius 3 is 1.39 bits per heavy atom. The average Bonchev–Trinajstić information content (AvgIpc) is 4.50. The van der Waals surface area contributed by atoms with Gasteiger partial charge in [0.05, 0.1) is 13.1 Å². The minimum Gasteiger partial charge on any atom is -0.479 e. The maximum atomic E-state index is 14.3. The molecule has 29 heteroatoms. The summed E-state index contributed by atoms with van der Waals surface area (Å²) in [6.07, 6.45) is -3.50. The van der Waals surface area contributed by atoms with Gasteiger partial charge in [-0.15, -0.1) is 0 Å². The van der Waals surface area contributed by atoms with Gasteiger partial charge in [0.2, 0.25) is 0 Å². The Bertz CT molecular complexity index is 3720. The number of carbonyl (C=O) groups excluding carboxylic acids is 5. The van der Waals surface area contributed by atoms with Crippen molar-refractivity contribution in [3.8, 4) is 22.3 Å². The molecular formula is C54H50Cl2F2N8O17. The summed E-state index contributed by atoms with van der Waals surface area (Å²) in [5.41, 5.74) is 8.16. The van der Waals surface area contributed by atoms with Gasteiger partial charge in [0.15, 0.2) is 47.7 Å². The zero-order chi connectivity index (χ0) is 60.7. The Hall–Kier alpha value is -9.22. The van der Waals surface area contributed by atoms with Crippen LogP contribution < -0.4 is 22.5 Å². The number of hydrogen-bond donors (Lipinski definition) is 8. The lowest BCUT2D eigenvalue weighted by atomic mass is 10.0. The number of ether oxygens (including phenoxy) is 1. The molecule has 2 atom stereocenters. The summed E-state index contributed by atoms with van der Waals surface area (Å²) in [6, 6.07) is 24.3. The minimum atomic E-state index is -1.76. The molecule has 0 spiro atoms. The standard InChI is InChI=1S/C27H24ClFN4O8.C22H20ClFN4O5.C5H6O4/c1-14(34)21-10-22(31-30-21)25(36)32-33(12-23(35)26(37)39-13-24-15(2)40-27(38)41-24)11-16-3-5-17(6-4-16)19-9-18(28)7-8-20(19)29;1-12(29)18-9-19(26-25-18)21(31)27-28(11-20(30)22(32)33)10-13-2-4-14(5-3-13)16-8-15(23)6-7-17(16)24;1-3-4(2-6)9-5(7)8-3/h3-10,23,35H,11-13H2,1-2H3,(H,30,31)(H,32,36);2-9,20,30H,10-11H2,1H3,(H,25,26)(H,27,31)(H,32,33);6H,2H2,1H3/t23-;20-;/m11./s1. The smallest absolute Gasteiger partial charge is 0.479 e. The molecule has 2 amide bonds. The number of aliphatic carboxylic acids is 1. The second-order valence-electron chi connectivity index (χ2n) is 17.7. The zero-order valence-electron chi connectivity index (χ0n) is 44.0. The Kier molecular flexibility index (Phi) is 22.0. The van der Waals surface area contributed by atoms with Crippen LogP contribution in [-0.2, 0) is 40.6 Å². The number of aromatic nitrogens is 4. The molecule has 0 saturated heterocycles. The quantitative estimate of drug-likeness (QED) is 0.0237. The number of Topliss-reactive ketones (excluding diaryl/α,β-unsaturated/α-hetero) is 2. The maximum Gasteiger partial charge on any atom is 0.519 e. The predicted octanol–water partition coefficient (Wildman–Crippen LogP) is 5.88. The van der Waals surface area contributed by atoms with Crippen LogP contribution in [0.1, 0.15) is 90.0 Å². The van der Waals surface area contributed by atoms with Gasteiger partial charge in [-0.3, -0.25) is 40.2 Å². The molecule has 0 saturated carbocycles. The van der Waals surface area contributed by atoms with Gasteiger partial charge in [-0.25, -0.2) is 38.0 Å². The predicted molar refractivity (Wildman–Crippen MR) is 286 cm³/mol. The van der Waals surface area contributed by atoms with Crippen molar-refractivity contribution < 1.29 is 80.4 Å². The molecule has 25 nitrogen and oxygen atoms in total. The number of ketones is 2. The Balaban J connectivity index is 0.000000235. The number of aliphatic hydroxyl groups is 3. The third kappa shape index (κ3) is 18.1. The Morgan fingerprint density at radius 2 is 1.04 bits per heavy atom. The molecule has 0 bridgehead atoms. The molecule has 8 aromatic rings. The van der Waals surface area contributed by atoms with Gasteiger partial charge in [0, 0.05) is 48.1 Å². The number of aliphatic hydroxyl groups excluding tert-OH is 3. The second-order valence-corrected chi connectivity index (χ2v) is 18.6. The number of carboxylic acids is 1. The van der Waals surface area contributed by atoms with Gasteiger partial charge in [-0.05, 0) is 84.6 Å². The van der Waals surface area contributed by atoms with Crippen LogP contribution in [0.5, 0.6) is 0 Å². The molecule has 0 fully saturated rings. The molecule has 0 aliphatic heterocycles. The van der Waals surface area contributed by atoms with Crippen molar-refractivity contribution in [3.05, 3.63) is 197 Å². The van der Waals surface area contributed by atoms with Crippen molar-refractivity contribution >= 4 is 58.5 Å². The number of nitrogens with zero attached hydrogens (tertiary/aromatic N) is 4. The van der Waals surface area contributed by atoms with Gasteiger partial charge in [0.1, 0.15) is 46.8 Å². The second kappa shape index (κ2) is 29.0. The number of aryl methyl sites for hydroxylation is 2. The van der Waals surface area contributed by atoms with E-state index in [1.165, 1.54) is 79.3 Å². The number of benzene rings is 4. The first-order valence-electron chi connectivity index (χ1n) is 24.3. The first-order valence-corrected chi connectivity index (χ1v) is 25.0. The van der Waals surface area contributed by atoms with Gasteiger partial charge in [-0.1, -0.05) is 71.7 Å². The largest absolute Gasteiger partial charge is 0.519 e. The fourth-order valence-electron chi connectivity index (χ4n) is 7.23. The number of hydrogen-bond acceptors (Lipinski definition) is 20. The maximum absolute atomic E-state index is 14.3. The highest BCUT2D eigenvalue weighted by Gasteiger charge is 2.26. The SMILES string of the molecule is CC(=O)c1cc(C(=O)NN(Cc2ccc(-c3cc(Cl)ccc3F)cc2)C[C@@H](O)C(=O)O)[nH]n1.CC(=O)c1cc(C(=O)NN(Cc2ccc(-c3cc(Cl)ccc3F)cc2)C[C@@H](O)C(=O)OCc2oc(=O)oc2C)[nH]n1.Cc1oc(=O)oc1CO. The molecule has 0 radical (unpaired) electrons. The van der Waals surface area contributed by atoms with Crippen LogP contribution in [0.3, 0.4) is 0 Å². The van der Waals surface area contributed by atoms with E-state index >= 15 is 0 Å². The van der Waals surface area contributed by atoms with Crippen LogP contribution >= 0.6 is 23.2 Å². The van der Waals surface area contributed by atoms with Gasteiger partial charge >= 0.3 is 23.6 Å². The van der Waals surface area contributed by atoms with Crippen LogP contribution in [0, 0.1) is 25.5 Å². The molecule has 4 aromatic heterocycles. The molecule has 0 aliphatic carbocycles. The number of carboxylic acid groups (broad SMARTS) is 1. The highest BCUT2D eigenvalue weighted by atomic mass is 35.5. The summed E-state index contributed by atoms with van der Waals surface area (Å²) in [5, 5.41) is 53.4. The zero-order valence-corrected chi connectivity index (χ0v) is 45.5. The van der Waals surface area contributed by atoms with E-state index in [1.54, 1.807) is 55.5 Å². The van der Waals surface area contributed by atoms with E-state index in [9.17, 15) is 57.4 Å². The van der Waals surface area contributed by atoms with Crippen LogP contribution in [0.2, 0.25) is 10.0 Å². The van der Waals surface area contributed by atoms with E-state index in [2.05, 4.69) is 40.1 Å². The van der Waals surface area contributed by atoms with Crippen molar-refractivity contribution in [2.75, 3.05) is 13.1 Å². The van der Waals surface area contributed by atoms with Crippen LogP contribution in [0.15, 0.2) is 124 Å². The van der Waals surface area contributed by atoms with Crippen molar-refractivity contribution in [1.29, 1.82) is 0 Å². The van der Waals surface area contributed by atoms with Crippen LogP contribution in [0.4, 0.5) is 8.78 Å². The number of halogens is 4. The molecular weight excluding hydrogens is 1140 g/mol. The number of hydrazine groups is 2. The number of carbonyl (C=O) groups is 6. The number of esters is 1. The van der Waals surface area contributed by atoms with E-state index in [0.29, 0.717) is 49.2 Å². The third-order valence-electron chi connectivity index (χ3n) is 11.5. The van der Waals surface area contributed by atoms with E-state index in [4.69, 9.17) is 47.0 Å². The molecule has 0 unspecified atom stereocenters. The molecule has 8 rings (SSSR count). The Labute approximate surface area is 476 Å². The molecule has 436 valence electrons. The summed E-state index contributed by atoms with van der Waals surface area (Å²) in [7, 11) is 0. The molecule has 4 heterocycles. The van der Waals surface area contributed by atoms with Gasteiger partial charge in [-0.2, -0.15) is 10.2 Å². The van der Waals surface area contributed by atoms with Crippen LogP contribution in [-0.4, -0.2) is 111 Å². The number of aromatic amines is 2. The van der Waals surface area contributed by atoms with E-state index in [-0.39, 0.29) is 71.3 Å². The Morgan fingerprint density at radius 1 is 0.627 bits per heavy atom. The molecule has 83 heavy (non-hydrogen) atoms. The fraction of sp³-hybridized carbons (Fsp3) is 0.222. The number of amides is 2. The lowest BCUT2D eigenvalue weighted by Crippen LogP contribution is -2.47. The first kappa shape index (κ1) is 63.0. The highest BCUT2D eigenvalue weighted by molar-refractivity contribution is 6.31. The van der Waals surface area contributed by atoms with Crippen molar-refractivity contribution in [1.82, 2.24) is 41.3 Å². The number of rotatable bonds is 21. The van der Waals surface area contributed by atoms with E-state index in [0.717, 1.165) is 0 Å². The fourth-order valence-corrected chi connectivity index (χ4v) is 7.57. The van der Waals surface area contributed by atoms with E-state index < -0.39 is 78.9 Å². The summed E-state index contributed by atoms with van der Waals surface area (Å²) < 4.78 is 51.7. The van der Waals surface area contributed by atoms with Crippen molar-refractivity contribution in [3.63, 3.8) is 0 Å². The van der Waals surface area contributed by atoms with E-state index in [1.807, 2.05) is 0 Å². The van der Waals surface area contributed by atoms with Crippen molar-refractivity contribution in [2.24, 2.45) is 0 Å². The lowest BCUT2D eigenvalue weighted by molar-refractivity contribution is -0.157. The van der Waals surface area contributed by atoms with Gasteiger partial charge < -0.3 is 42.8 Å². The first-order chi connectivity index (χ1) is 39.4.